The summed E-state index contributed by atoms with van der Waals surface area (Å²) in [6, 6.07) is 0. The van der Waals surface area contributed by atoms with E-state index in [2.05, 4.69) is 0 Å². The van der Waals surface area contributed by atoms with E-state index >= 15 is 0 Å². The van der Waals surface area contributed by atoms with Gasteiger partial charge in [-0.3, -0.25) is 4.79 Å². The SMILES string of the molecule is C/C=C(/C)C(=O)O[C@@H]1C(C)=C2[C@H]3OC(=O)C(C)(O)C3(O)[C@H](OC(=O)CCC)C[C@@](C)(O)[C@@H]2[C@H]1O. The topological polar surface area (TPSA) is 160 Å². The Morgan fingerprint density at radius 3 is 2.38 bits per heavy atom. The summed E-state index contributed by atoms with van der Waals surface area (Å²) in [6.45, 7) is 8.93. The van der Waals surface area contributed by atoms with Gasteiger partial charge in [-0.25, -0.2) is 9.59 Å². The van der Waals surface area contributed by atoms with Crippen LogP contribution >= 0.6 is 0 Å². The number of rotatable bonds is 5. The Morgan fingerprint density at radius 1 is 1.21 bits per heavy atom. The average molecular weight is 483 g/mol. The number of carbonyl (C=O) groups excluding carboxylic acids is 3. The first kappa shape index (κ1) is 26.3. The molecular formula is C24H34O10. The van der Waals surface area contributed by atoms with Gasteiger partial charge < -0.3 is 34.6 Å². The summed E-state index contributed by atoms with van der Waals surface area (Å²) in [6.07, 6.45) is -4.13. The highest BCUT2D eigenvalue weighted by molar-refractivity contribution is 5.88. The molecule has 10 nitrogen and oxygen atoms in total. The number of ether oxygens (including phenoxy) is 3. The van der Waals surface area contributed by atoms with Crippen molar-refractivity contribution in [1.29, 1.82) is 0 Å². The fourth-order valence-corrected chi connectivity index (χ4v) is 5.31. The van der Waals surface area contributed by atoms with Gasteiger partial charge in [0.05, 0.1) is 5.60 Å². The summed E-state index contributed by atoms with van der Waals surface area (Å²) in [5.41, 5.74) is -6.07. The van der Waals surface area contributed by atoms with Gasteiger partial charge in [0.15, 0.2) is 17.3 Å². The zero-order chi connectivity index (χ0) is 25.8. The average Bonchev–Trinajstić information content (AvgIpc) is 3.06. The van der Waals surface area contributed by atoms with Crippen molar-refractivity contribution in [1.82, 2.24) is 0 Å². The predicted octanol–water partition coefficient (Wildman–Crippen LogP) is 0.446. The van der Waals surface area contributed by atoms with Crippen molar-refractivity contribution in [3.8, 4) is 0 Å². The molecule has 0 bridgehead atoms. The summed E-state index contributed by atoms with van der Waals surface area (Å²) in [7, 11) is 0. The fourth-order valence-electron chi connectivity index (χ4n) is 5.31. The highest BCUT2D eigenvalue weighted by atomic mass is 16.6. The molecule has 4 N–H and O–H groups in total. The highest BCUT2D eigenvalue weighted by Crippen LogP contribution is 2.55. The Bertz CT molecular complexity index is 945. The second kappa shape index (κ2) is 8.75. The lowest BCUT2D eigenvalue weighted by Gasteiger charge is -2.40. The fraction of sp³-hybridized carbons (Fsp3) is 0.708. The molecule has 1 saturated carbocycles. The van der Waals surface area contributed by atoms with Gasteiger partial charge in [0.2, 0.25) is 0 Å². The number of hydrogen-bond donors (Lipinski definition) is 4. The Kier molecular flexibility index (Phi) is 6.77. The molecule has 0 amide bonds. The third-order valence-corrected chi connectivity index (χ3v) is 7.43. The lowest BCUT2D eigenvalue weighted by Crippen LogP contribution is -2.64. The number of carbonyl (C=O) groups is 3. The quantitative estimate of drug-likeness (QED) is 0.187. The molecule has 190 valence electrons. The first-order chi connectivity index (χ1) is 15.6. The van der Waals surface area contributed by atoms with Crippen molar-refractivity contribution in [3.05, 3.63) is 22.8 Å². The van der Waals surface area contributed by atoms with Crippen LogP contribution in [0.4, 0.5) is 0 Å². The van der Waals surface area contributed by atoms with E-state index in [4.69, 9.17) is 14.2 Å². The van der Waals surface area contributed by atoms with Crippen LogP contribution < -0.4 is 0 Å². The third kappa shape index (κ3) is 3.77. The summed E-state index contributed by atoms with van der Waals surface area (Å²) < 4.78 is 16.4. The van der Waals surface area contributed by atoms with Crippen molar-refractivity contribution in [3.63, 3.8) is 0 Å². The minimum atomic E-state index is -2.49. The molecule has 2 unspecified atom stereocenters. The molecular weight excluding hydrogens is 448 g/mol. The second-order valence-corrected chi connectivity index (χ2v) is 9.88. The molecule has 0 radical (unpaired) electrons. The summed E-state index contributed by atoms with van der Waals surface area (Å²) >= 11 is 0. The van der Waals surface area contributed by atoms with Crippen LogP contribution in [0.5, 0.6) is 0 Å². The lowest BCUT2D eigenvalue weighted by atomic mass is 9.75. The minimum Gasteiger partial charge on any atom is -0.459 e. The van der Waals surface area contributed by atoms with Gasteiger partial charge in [-0.2, -0.15) is 0 Å². The van der Waals surface area contributed by atoms with Crippen LogP contribution in [-0.2, 0) is 28.6 Å². The van der Waals surface area contributed by atoms with Crippen LogP contribution in [0.25, 0.3) is 0 Å². The van der Waals surface area contributed by atoms with E-state index in [-0.39, 0.29) is 17.6 Å². The van der Waals surface area contributed by atoms with E-state index in [0.29, 0.717) is 12.0 Å². The van der Waals surface area contributed by atoms with E-state index in [9.17, 15) is 34.8 Å². The van der Waals surface area contributed by atoms with Gasteiger partial charge in [-0.1, -0.05) is 13.0 Å². The van der Waals surface area contributed by atoms with Crippen molar-refractivity contribution in [2.24, 2.45) is 5.92 Å². The number of aliphatic hydroxyl groups excluding tert-OH is 1. The molecule has 2 fully saturated rings. The van der Waals surface area contributed by atoms with Crippen molar-refractivity contribution in [2.75, 3.05) is 0 Å². The molecule has 2 aliphatic carbocycles. The maximum Gasteiger partial charge on any atom is 0.341 e. The molecule has 1 heterocycles. The Hall–Kier alpha value is -2.27. The van der Waals surface area contributed by atoms with Crippen molar-refractivity contribution >= 4 is 17.9 Å². The van der Waals surface area contributed by atoms with Crippen LogP contribution in [0.3, 0.4) is 0 Å². The standard InChI is InChI=1S/C24H34O10/c1-7-9-14(25)32-13-10-22(5,29)16-15(19-24(13,31)23(6,30)21(28)34-19)12(4)18(17(16)26)33-20(27)11(3)8-2/h8,13,16-19,26,29-31H,7,9-10H2,1-6H3/b11-8-/t13-,16+,17-,18-,19-,22-,23?,24?/m1/s1. The van der Waals surface area contributed by atoms with E-state index in [0.717, 1.165) is 6.92 Å². The number of aliphatic hydroxyl groups is 4. The maximum absolute atomic E-state index is 12.6. The van der Waals surface area contributed by atoms with Gasteiger partial charge in [-0.15, -0.1) is 0 Å². The van der Waals surface area contributed by atoms with Gasteiger partial charge in [0.1, 0.15) is 18.3 Å². The van der Waals surface area contributed by atoms with Gasteiger partial charge in [0, 0.05) is 24.3 Å². The summed E-state index contributed by atoms with van der Waals surface area (Å²) in [5.74, 6) is -3.65. The highest BCUT2D eigenvalue weighted by Gasteiger charge is 2.74. The van der Waals surface area contributed by atoms with E-state index in [1.807, 2.05) is 0 Å². The van der Waals surface area contributed by atoms with Crippen LogP contribution in [-0.4, -0.2) is 79.6 Å². The van der Waals surface area contributed by atoms with E-state index < -0.39 is 71.5 Å². The first-order valence-electron chi connectivity index (χ1n) is 11.4. The van der Waals surface area contributed by atoms with Crippen LogP contribution in [0, 0.1) is 5.92 Å². The maximum atomic E-state index is 12.6. The molecule has 0 aromatic carbocycles. The lowest BCUT2D eigenvalue weighted by molar-refractivity contribution is -0.208. The third-order valence-electron chi connectivity index (χ3n) is 7.43. The molecule has 8 atom stereocenters. The normalized spacial score (nSPS) is 42.0. The molecule has 0 aromatic rings. The monoisotopic (exact) mass is 482 g/mol. The number of hydrogen-bond acceptors (Lipinski definition) is 10. The molecule has 0 aromatic heterocycles. The summed E-state index contributed by atoms with van der Waals surface area (Å²) in [4.78, 5) is 37.4. The molecule has 34 heavy (non-hydrogen) atoms. The first-order valence-corrected chi connectivity index (χ1v) is 11.4. The zero-order valence-corrected chi connectivity index (χ0v) is 20.3. The molecule has 1 aliphatic heterocycles. The van der Waals surface area contributed by atoms with Crippen molar-refractivity contribution < 1.29 is 49.0 Å². The van der Waals surface area contributed by atoms with Gasteiger partial charge in [0.25, 0.3) is 0 Å². The molecule has 3 rings (SSSR count). The van der Waals surface area contributed by atoms with Crippen LogP contribution in [0.2, 0.25) is 0 Å². The Labute approximate surface area is 198 Å². The Balaban J connectivity index is 2.17. The predicted molar refractivity (Wildman–Crippen MR) is 117 cm³/mol. The van der Waals surface area contributed by atoms with Gasteiger partial charge >= 0.3 is 17.9 Å². The van der Waals surface area contributed by atoms with Crippen molar-refractivity contribution in [2.45, 2.75) is 102 Å². The number of esters is 3. The number of fused-ring (bicyclic) bond motifs is 3. The minimum absolute atomic E-state index is 0.0203. The molecule has 3 aliphatic rings. The zero-order valence-electron chi connectivity index (χ0n) is 20.3. The number of allylic oxidation sites excluding steroid dienone is 1. The smallest absolute Gasteiger partial charge is 0.341 e. The van der Waals surface area contributed by atoms with Crippen LogP contribution in [0.15, 0.2) is 22.8 Å². The molecule has 10 heteroatoms. The second-order valence-electron chi connectivity index (χ2n) is 9.88. The molecule has 1 saturated heterocycles. The molecule has 0 spiro atoms. The van der Waals surface area contributed by atoms with Gasteiger partial charge in [-0.05, 0) is 52.2 Å². The summed E-state index contributed by atoms with van der Waals surface area (Å²) in [5, 5.41) is 45.5. The van der Waals surface area contributed by atoms with Crippen LogP contribution in [0.1, 0.15) is 60.8 Å². The largest absolute Gasteiger partial charge is 0.459 e. The van der Waals surface area contributed by atoms with E-state index in [1.54, 1.807) is 26.8 Å². The Morgan fingerprint density at radius 2 is 1.82 bits per heavy atom. The van der Waals surface area contributed by atoms with E-state index in [1.165, 1.54) is 13.8 Å².